The van der Waals surface area contributed by atoms with Crippen LogP contribution < -0.4 is 5.73 Å². The van der Waals surface area contributed by atoms with Crippen molar-refractivity contribution >= 4 is 0 Å². The van der Waals surface area contributed by atoms with Crippen LogP contribution in [-0.4, -0.2) is 13.7 Å². The zero-order valence-electron chi connectivity index (χ0n) is 9.63. The van der Waals surface area contributed by atoms with Crippen LogP contribution in [0.25, 0.3) is 0 Å². The van der Waals surface area contributed by atoms with Gasteiger partial charge in [-0.25, -0.2) is 0 Å². The highest BCUT2D eigenvalue weighted by atomic mass is 19.4. The van der Waals surface area contributed by atoms with E-state index >= 15 is 0 Å². The van der Waals surface area contributed by atoms with Crippen molar-refractivity contribution in [1.29, 1.82) is 0 Å². The maximum atomic E-state index is 12.3. The summed E-state index contributed by atoms with van der Waals surface area (Å²) in [7, 11) is 1.60. The summed E-state index contributed by atoms with van der Waals surface area (Å²) in [6.07, 6.45) is -2.81. The van der Waals surface area contributed by atoms with Crippen LogP contribution in [0.4, 0.5) is 13.2 Å². The van der Waals surface area contributed by atoms with Crippen LogP contribution in [0.2, 0.25) is 0 Å². The van der Waals surface area contributed by atoms with Crippen LogP contribution in [0, 0.1) is 0 Å². The van der Waals surface area contributed by atoms with Gasteiger partial charge in [0.2, 0.25) is 0 Å². The van der Waals surface area contributed by atoms with E-state index in [1.54, 1.807) is 7.11 Å². The second-order valence-electron chi connectivity index (χ2n) is 3.86. The predicted molar refractivity (Wildman–Crippen MR) is 59.5 cm³/mol. The molecule has 1 aromatic carbocycles. The van der Waals surface area contributed by atoms with Crippen molar-refractivity contribution < 1.29 is 17.9 Å². The highest BCUT2D eigenvalue weighted by Gasteiger charge is 2.30. The van der Waals surface area contributed by atoms with E-state index in [0.29, 0.717) is 18.6 Å². The number of benzene rings is 1. The minimum atomic E-state index is -4.29. The fraction of sp³-hybridized carbons (Fsp3) is 0.500. The molecule has 0 aromatic heterocycles. The molecule has 1 rings (SSSR count). The Hall–Kier alpha value is -1.07. The van der Waals surface area contributed by atoms with E-state index < -0.39 is 11.7 Å². The molecule has 0 saturated carbocycles. The third-order valence-electron chi connectivity index (χ3n) is 2.53. The van der Waals surface area contributed by atoms with Crippen LogP contribution >= 0.6 is 0 Å². The number of hydrogen-bond donors (Lipinski definition) is 1. The molecule has 0 aliphatic heterocycles. The van der Waals surface area contributed by atoms with Crippen molar-refractivity contribution in [2.75, 3.05) is 13.7 Å². The summed E-state index contributed by atoms with van der Waals surface area (Å²) < 4.78 is 41.9. The predicted octanol–water partition coefficient (Wildman–Crippen LogP) is 3.13. The largest absolute Gasteiger partial charge is 0.416 e. The first kappa shape index (κ1) is 14.0. The molecular formula is C12H16F3NO. The first-order chi connectivity index (χ1) is 7.95. The summed E-state index contributed by atoms with van der Waals surface area (Å²) in [6.45, 7) is 0.605. The molecule has 0 bridgehead atoms. The van der Waals surface area contributed by atoms with E-state index in [2.05, 4.69) is 0 Å². The molecule has 0 fully saturated rings. The van der Waals surface area contributed by atoms with Crippen molar-refractivity contribution in [3.05, 3.63) is 35.4 Å². The van der Waals surface area contributed by atoms with E-state index in [4.69, 9.17) is 10.5 Å². The van der Waals surface area contributed by atoms with Crippen molar-refractivity contribution in [2.24, 2.45) is 5.73 Å². The number of hydrogen-bond acceptors (Lipinski definition) is 2. The third-order valence-corrected chi connectivity index (χ3v) is 2.53. The summed E-state index contributed by atoms with van der Waals surface area (Å²) in [5.41, 5.74) is 5.93. The first-order valence-electron chi connectivity index (χ1n) is 5.37. The third kappa shape index (κ3) is 4.36. The number of methoxy groups -OCH3 is 1. The Morgan fingerprint density at radius 2 is 1.82 bits per heavy atom. The van der Waals surface area contributed by atoms with Gasteiger partial charge >= 0.3 is 6.18 Å². The Morgan fingerprint density at radius 3 is 2.29 bits per heavy atom. The topological polar surface area (TPSA) is 35.2 Å². The molecule has 5 heteroatoms. The Morgan fingerprint density at radius 1 is 1.24 bits per heavy atom. The molecule has 2 N–H and O–H groups in total. The van der Waals surface area contributed by atoms with E-state index in [-0.39, 0.29) is 6.04 Å². The van der Waals surface area contributed by atoms with Gasteiger partial charge < -0.3 is 10.5 Å². The fourth-order valence-electron chi connectivity index (χ4n) is 1.53. The number of alkyl halides is 3. The molecule has 2 nitrogen and oxygen atoms in total. The van der Waals surface area contributed by atoms with Gasteiger partial charge in [-0.2, -0.15) is 13.2 Å². The standard InChI is InChI=1S/C12H16F3NO/c1-17-8-2-3-11(16)9-4-6-10(7-5-9)12(13,14)15/h4-7,11H,2-3,8,16H2,1H3. The maximum Gasteiger partial charge on any atom is 0.416 e. The first-order valence-corrected chi connectivity index (χ1v) is 5.37. The summed E-state index contributed by atoms with van der Waals surface area (Å²) in [5, 5.41) is 0. The average Bonchev–Trinajstić information content (AvgIpc) is 2.28. The minimum absolute atomic E-state index is 0.243. The van der Waals surface area contributed by atoms with Crippen molar-refractivity contribution in [3.8, 4) is 0 Å². The quantitative estimate of drug-likeness (QED) is 0.811. The smallest absolute Gasteiger partial charge is 0.385 e. The van der Waals surface area contributed by atoms with Crippen LogP contribution in [0.3, 0.4) is 0 Å². The van der Waals surface area contributed by atoms with Crippen LogP contribution in [0.1, 0.15) is 30.0 Å². The average molecular weight is 247 g/mol. The summed E-state index contributed by atoms with van der Waals surface area (Å²) >= 11 is 0. The second-order valence-corrected chi connectivity index (χ2v) is 3.86. The number of rotatable bonds is 5. The van der Waals surface area contributed by atoms with Gasteiger partial charge in [-0.05, 0) is 30.5 Å². The summed E-state index contributed by atoms with van der Waals surface area (Å²) in [6, 6.07) is 4.74. The molecule has 1 unspecified atom stereocenters. The van der Waals surface area contributed by atoms with Gasteiger partial charge in [-0.15, -0.1) is 0 Å². The lowest BCUT2D eigenvalue weighted by molar-refractivity contribution is -0.137. The lowest BCUT2D eigenvalue weighted by atomic mass is 10.0. The molecule has 0 radical (unpaired) electrons. The SMILES string of the molecule is COCCCC(N)c1ccc(C(F)(F)F)cc1. The van der Waals surface area contributed by atoms with Crippen molar-refractivity contribution in [3.63, 3.8) is 0 Å². The van der Waals surface area contributed by atoms with Gasteiger partial charge in [0.05, 0.1) is 5.56 Å². The molecule has 96 valence electrons. The zero-order valence-corrected chi connectivity index (χ0v) is 9.63. The molecule has 0 aliphatic carbocycles. The lowest BCUT2D eigenvalue weighted by Crippen LogP contribution is -2.12. The van der Waals surface area contributed by atoms with Gasteiger partial charge in [0.1, 0.15) is 0 Å². The van der Waals surface area contributed by atoms with E-state index in [0.717, 1.165) is 18.6 Å². The van der Waals surface area contributed by atoms with Crippen molar-refractivity contribution in [1.82, 2.24) is 0 Å². The normalized spacial score (nSPS) is 13.7. The molecular weight excluding hydrogens is 231 g/mol. The van der Waals surface area contributed by atoms with Crippen LogP contribution in [0.15, 0.2) is 24.3 Å². The second kappa shape index (κ2) is 6.02. The molecule has 0 aliphatic rings. The van der Waals surface area contributed by atoms with Crippen LogP contribution in [0.5, 0.6) is 0 Å². The van der Waals surface area contributed by atoms with E-state index in [1.807, 2.05) is 0 Å². The maximum absolute atomic E-state index is 12.3. The number of nitrogens with two attached hydrogens (primary N) is 1. The molecule has 0 saturated heterocycles. The Bertz CT molecular complexity index is 335. The van der Waals surface area contributed by atoms with Crippen molar-refractivity contribution in [2.45, 2.75) is 25.1 Å². The Labute approximate surface area is 98.6 Å². The molecule has 17 heavy (non-hydrogen) atoms. The zero-order chi connectivity index (χ0) is 12.9. The molecule has 1 atom stereocenters. The van der Waals surface area contributed by atoms with Crippen LogP contribution in [-0.2, 0) is 10.9 Å². The lowest BCUT2D eigenvalue weighted by Gasteiger charge is -2.13. The van der Waals surface area contributed by atoms with E-state index in [9.17, 15) is 13.2 Å². The van der Waals surface area contributed by atoms with Gasteiger partial charge in [0.15, 0.2) is 0 Å². The Kier molecular flexibility index (Phi) is 4.96. The summed E-state index contributed by atoms with van der Waals surface area (Å²) in [4.78, 5) is 0. The van der Waals surface area contributed by atoms with Gasteiger partial charge in [-0.3, -0.25) is 0 Å². The Balaban J connectivity index is 2.61. The highest BCUT2D eigenvalue weighted by molar-refractivity contribution is 5.26. The van der Waals surface area contributed by atoms with Gasteiger partial charge in [-0.1, -0.05) is 12.1 Å². The van der Waals surface area contributed by atoms with Gasteiger partial charge in [0.25, 0.3) is 0 Å². The molecule has 0 amide bonds. The fourth-order valence-corrected chi connectivity index (χ4v) is 1.53. The monoisotopic (exact) mass is 247 g/mol. The minimum Gasteiger partial charge on any atom is -0.385 e. The molecule has 0 spiro atoms. The number of ether oxygens (including phenoxy) is 1. The number of halogens is 3. The van der Waals surface area contributed by atoms with Gasteiger partial charge in [0, 0.05) is 19.8 Å². The molecule has 1 aromatic rings. The molecule has 0 heterocycles. The van der Waals surface area contributed by atoms with E-state index in [1.165, 1.54) is 12.1 Å². The summed E-state index contributed by atoms with van der Waals surface area (Å²) in [5.74, 6) is 0. The highest BCUT2D eigenvalue weighted by Crippen LogP contribution is 2.30.